The molecule has 0 N–H and O–H groups in total. The van der Waals surface area contributed by atoms with E-state index in [1.165, 1.54) is 4.31 Å². The predicted octanol–water partition coefficient (Wildman–Crippen LogP) is 2.79. The van der Waals surface area contributed by atoms with Crippen LogP contribution in [-0.4, -0.2) is 25.5 Å². The number of hydrogen-bond acceptors (Lipinski definition) is 3. The molecule has 0 aliphatic carbocycles. The van der Waals surface area contributed by atoms with Gasteiger partial charge in [0.1, 0.15) is 6.23 Å². The summed E-state index contributed by atoms with van der Waals surface area (Å²) < 4.78 is 32.6. The zero-order valence-corrected chi connectivity index (χ0v) is 12.5. The lowest BCUT2D eigenvalue weighted by atomic mass is 10.1. The average Bonchev–Trinajstić information content (AvgIpc) is 2.92. The van der Waals surface area contributed by atoms with Gasteiger partial charge >= 0.3 is 0 Å². The zero-order chi connectivity index (χ0) is 14.9. The highest BCUT2D eigenvalue weighted by Crippen LogP contribution is 2.32. The topological polar surface area (TPSA) is 46.6 Å². The van der Waals surface area contributed by atoms with E-state index in [0.29, 0.717) is 11.4 Å². The van der Waals surface area contributed by atoms with E-state index in [2.05, 4.69) is 0 Å². The number of hydrogen-bond donors (Lipinski definition) is 0. The minimum atomic E-state index is -3.52. The Balaban J connectivity index is 1.87. The van der Waals surface area contributed by atoms with Crippen LogP contribution in [0.25, 0.3) is 0 Å². The average molecular weight is 303 g/mol. The molecule has 0 spiro atoms. The van der Waals surface area contributed by atoms with Crippen molar-refractivity contribution in [3.63, 3.8) is 0 Å². The highest BCUT2D eigenvalue weighted by atomic mass is 32.2. The molecule has 1 aliphatic rings. The van der Waals surface area contributed by atoms with E-state index in [1.54, 1.807) is 37.3 Å². The summed E-state index contributed by atoms with van der Waals surface area (Å²) in [6.07, 6.45) is -0.694. The molecule has 2 atom stereocenters. The smallest absolute Gasteiger partial charge is 0.245 e. The molecule has 0 radical (unpaired) electrons. The van der Waals surface area contributed by atoms with Crippen LogP contribution in [0.15, 0.2) is 65.6 Å². The fraction of sp³-hybridized carbons (Fsp3) is 0.250. The van der Waals surface area contributed by atoms with Crippen molar-refractivity contribution in [1.29, 1.82) is 0 Å². The Morgan fingerprint density at radius 3 is 2.19 bits per heavy atom. The summed E-state index contributed by atoms with van der Waals surface area (Å²) in [7, 11) is -3.52. The van der Waals surface area contributed by atoms with E-state index in [0.717, 1.165) is 5.56 Å². The van der Waals surface area contributed by atoms with Crippen molar-refractivity contribution < 1.29 is 13.2 Å². The van der Waals surface area contributed by atoms with Gasteiger partial charge in [0, 0.05) is 6.54 Å². The summed E-state index contributed by atoms with van der Waals surface area (Å²) in [4.78, 5) is 0.300. The Hall–Kier alpha value is -1.69. The van der Waals surface area contributed by atoms with Crippen LogP contribution >= 0.6 is 0 Å². The third-order valence-corrected chi connectivity index (χ3v) is 5.56. The van der Waals surface area contributed by atoms with Gasteiger partial charge in [-0.15, -0.1) is 0 Å². The molecule has 1 heterocycles. The molecule has 4 nitrogen and oxygen atoms in total. The molecule has 1 fully saturated rings. The van der Waals surface area contributed by atoms with Gasteiger partial charge in [-0.2, -0.15) is 4.31 Å². The highest BCUT2D eigenvalue weighted by molar-refractivity contribution is 7.89. The fourth-order valence-corrected chi connectivity index (χ4v) is 4.08. The SMILES string of the molecule is C[C@H]1O[C@H](c2ccccc2)CN1S(=O)(=O)c1ccccc1. The van der Waals surface area contributed by atoms with Crippen LogP contribution in [0.1, 0.15) is 18.6 Å². The maximum atomic E-state index is 12.7. The summed E-state index contributed by atoms with van der Waals surface area (Å²) in [5.74, 6) is 0. The van der Waals surface area contributed by atoms with E-state index < -0.39 is 16.3 Å². The molecule has 3 rings (SSSR count). The molecular formula is C16H17NO3S. The number of benzene rings is 2. The quantitative estimate of drug-likeness (QED) is 0.876. The molecule has 0 bridgehead atoms. The number of ether oxygens (including phenoxy) is 1. The van der Waals surface area contributed by atoms with Crippen molar-refractivity contribution >= 4 is 10.0 Å². The first-order valence-electron chi connectivity index (χ1n) is 6.86. The normalized spacial score (nSPS) is 23.3. The Labute approximate surface area is 125 Å². The van der Waals surface area contributed by atoms with Crippen LogP contribution in [0.2, 0.25) is 0 Å². The Kier molecular flexibility index (Phi) is 3.80. The third kappa shape index (κ3) is 2.72. The second-order valence-electron chi connectivity index (χ2n) is 5.02. The van der Waals surface area contributed by atoms with Crippen LogP contribution in [0.4, 0.5) is 0 Å². The zero-order valence-electron chi connectivity index (χ0n) is 11.7. The summed E-state index contributed by atoms with van der Waals surface area (Å²) in [5, 5.41) is 0. The van der Waals surface area contributed by atoms with Crippen LogP contribution < -0.4 is 0 Å². The lowest BCUT2D eigenvalue weighted by molar-refractivity contribution is 0.0344. The molecule has 0 unspecified atom stereocenters. The van der Waals surface area contributed by atoms with Crippen molar-refractivity contribution in [2.75, 3.05) is 6.54 Å². The number of rotatable bonds is 3. The first-order valence-corrected chi connectivity index (χ1v) is 8.30. The van der Waals surface area contributed by atoms with Crippen molar-refractivity contribution in [3.8, 4) is 0 Å². The van der Waals surface area contributed by atoms with E-state index in [-0.39, 0.29) is 6.10 Å². The second-order valence-corrected chi connectivity index (χ2v) is 6.91. The number of sulfonamides is 1. The van der Waals surface area contributed by atoms with Gasteiger partial charge in [-0.05, 0) is 24.6 Å². The summed E-state index contributed by atoms with van der Waals surface area (Å²) in [5.41, 5.74) is 0.995. The van der Waals surface area contributed by atoms with Crippen molar-refractivity contribution in [3.05, 3.63) is 66.2 Å². The van der Waals surface area contributed by atoms with Crippen LogP contribution in [0.5, 0.6) is 0 Å². The van der Waals surface area contributed by atoms with Gasteiger partial charge in [0.15, 0.2) is 0 Å². The molecular weight excluding hydrogens is 286 g/mol. The second kappa shape index (κ2) is 5.60. The molecule has 2 aromatic carbocycles. The first-order chi connectivity index (χ1) is 10.1. The van der Waals surface area contributed by atoms with E-state index in [9.17, 15) is 8.42 Å². The van der Waals surface area contributed by atoms with Gasteiger partial charge in [-0.1, -0.05) is 48.5 Å². The van der Waals surface area contributed by atoms with Crippen molar-refractivity contribution in [2.24, 2.45) is 0 Å². The molecule has 0 saturated carbocycles. The lowest BCUT2D eigenvalue weighted by Gasteiger charge is -2.18. The first kappa shape index (κ1) is 14.3. The molecule has 5 heteroatoms. The van der Waals surface area contributed by atoms with Crippen LogP contribution in [-0.2, 0) is 14.8 Å². The highest BCUT2D eigenvalue weighted by Gasteiger charge is 2.39. The molecule has 2 aromatic rings. The summed E-state index contributed by atoms with van der Waals surface area (Å²) >= 11 is 0. The maximum absolute atomic E-state index is 12.7. The predicted molar refractivity (Wildman–Crippen MR) is 80.1 cm³/mol. The van der Waals surface area contributed by atoms with Gasteiger partial charge in [-0.25, -0.2) is 8.42 Å². The van der Waals surface area contributed by atoms with Gasteiger partial charge in [0.05, 0.1) is 11.0 Å². The van der Waals surface area contributed by atoms with Gasteiger partial charge < -0.3 is 4.74 Å². The summed E-state index contributed by atoms with van der Waals surface area (Å²) in [6.45, 7) is 2.10. The molecule has 21 heavy (non-hydrogen) atoms. The van der Waals surface area contributed by atoms with Gasteiger partial charge in [0.25, 0.3) is 0 Å². The largest absolute Gasteiger partial charge is 0.353 e. The van der Waals surface area contributed by atoms with E-state index in [1.807, 2.05) is 30.3 Å². The lowest BCUT2D eigenvalue weighted by Crippen LogP contribution is -2.34. The van der Waals surface area contributed by atoms with Crippen LogP contribution in [0, 0.1) is 0 Å². The minimum Gasteiger partial charge on any atom is -0.353 e. The molecule has 110 valence electrons. The minimum absolute atomic E-state index is 0.223. The molecule has 0 aromatic heterocycles. The van der Waals surface area contributed by atoms with Crippen LogP contribution in [0.3, 0.4) is 0 Å². The Bertz CT molecular complexity index is 701. The molecule has 0 amide bonds. The summed E-state index contributed by atoms with van der Waals surface area (Å²) in [6, 6.07) is 18.2. The van der Waals surface area contributed by atoms with Crippen molar-refractivity contribution in [1.82, 2.24) is 4.31 Å². The van der Waals surface area contributed by atoms with E-state index in [4.69, 9.17) is 4.74 Å². The number of nitrogens with zero attached hydrogens (tertiary/aromatic N) is 1. The molecule has 1 aliphatic heterocycles. The van der Waals surface area contributed by atoms with Gasteiger partial charge in [-0.3, -0.25) is 0 Å². The third-order valence-electron chi connectivity index (χ3n) is 3.63. The van der Waals surface area contributed by atoms with E-state index >= 15 is 0 Å². The van der Waals surface area contributed by atoms with Crippen molar-refractivity contribution in [2.45, 2.75) is 24.2 Å². The monoisotopic (exact) mass is 303 g/mol. The molecule has 1 saturated heterocycles. The standard InChI is InChI=1S/C16H17NO3S/c1-13-17(21(18,19)15-10-6-3-7-11-15)12-16(20-13)14-8-4-2-5-9-14/h2-11,13,16H,12H2,1H3/t13-,16+/m1/s1. The van der Waals surface area contributed by atoms with Gasteiger partial charge in [0.2, 0.25) is 10.0 Å². The Morgan fingerprint density at radius 2 is 1.57 bits per heavy atom. The maximum Gasteiger partial charge on any atom is 0.245 e. The fourth-order valence-electron chi connectivity index (χ4n) is 2.53. The Morgan fingerprint density at radius 1 is 1.00 bits per heavy atom.